The van der Waals surface area contributed by atoms with E-state index >= 15 is 0 Å². The maximum atomic E-state index is 14.5. The maximum absolute atomic E-state index is 14.5. The van der Waals surface area contributed by atoms with E-state index in [0.717, 1.165) is 31.3 Å². The van der Waals surface area contributed by atoms with Crippen molar-refractivity contribution in [1.82, 2.24) is 0 Å². The van der Waals surface area contributed by atoms with E-state index in [2.05, 4.69) is 41.2 Å². The summed E-state index contributed by atoms with van der Waals surface area (Å²) < 4.78 is 18.0. The molecular weight excluding hydrogens is 608 g/mol. The summed E-state index contributed by atoms with van der Waals surface area (Å²) in [6, 6.07) is 0. The van der Waals surface area contributed by atoms with Crippen LogP contribution in [0.3, 0.4) is 0 Å². The number of fused-ring (bicyclic) bond motifs is 7. The number of ether oxygens (including phenoxy) is 3. The van der Waals surface area contributed by atoms with E-state index in [1.165, 1.54) is 0 Å². The summed E-state index contributed by atoms with van der Waals surface area (Å²) >= 11 is 0. The van der Waals surface area contributed by atoms with Gasteiger partial charge in [0.1, 0.15) is 24.4 Å². The molecule has 4 aliphatic carbocycles. The minimum Gasteiger partial charge on any atom is -0.481 e. The predicted octanol–water partition coefficient (Wildman–Crippen LogP) is 2.79. The number of carboxylic acid groups (broad SMARTS) is 1. The fourth-order valence-corrected chi connectivity index (χ4v) is 12.7. The Hall–Kier alpha value is -1.60. The van der Waals surface area contributed by atoms with Gasteiger partial charge in [0, 0.05) is 5.41 Å². The van der Waals surface area contributed by atoms with Gasteiger partial charge in [-0.1, -0.05) is 32.9 Å². The summed E-state index contributed by atoms with van der Waals surface area (Å²) in [4.78, 5) is 26.5. The number of rotatable bonds is 6. The SMILES string of the molecule is C=C(C)[C@@H]1C[C@H](O)[C@]2(C(=O)O[C@@H]3O[C@H](CO)[C@@H](O)[C@H](O)[C@H]3O)CC[C@]3(C)[C@H](CC[C@@H]4[C@@]5(C)[C@@H](CC(=O)O)OC(C)(C)[C@@H]5CC[C@]43C)[C@@H]12. The van der Waals surface area contributed by atoms with Crippen molar-refractivity contribution in [3.63, 3.8) is 0 Å². The third-order valence-electron chi connectivity index (χ3n) is 15.1. The van der Waals surface area contributed by atoms with Crippen molar-refractivity contribution in [2.45, 2.75) is 141 Å². The van der Waals surface area contributed by atoms with Crippen LogP contribution in [-0.4, -0.2) is 97.7 Å². The van der Waals surface area contributed by atoms with Gasteiger partial charge in [0.2, 0.25) is 6.29 Å². The Balaban J connectivity index is 1.37. The highest BCUT2D eigenvalue weighted by atomic mass is 16.7. The molecule has 0 aromatic rings. The van der Waals surface area contributed by atoms with E-state index in [4.69, 9.17) is 14.2 Å². The molecule has 0 bridgehead atoms. The molecule has 6 aliphatic rings. The van der Waals surface area contributed by atoms with Crippen molar-refractivity contribution in [3.8, 4) is 0 Å². The number of hydrogen-bond acceptors (Lipinski definition) is 10. The molecule has 0 amide bonds. The summed E-state index contributed by atoms with van der Waals surface area (Å²) in [6.07, 6.45) is -4.53. The van der Waals surface area contributed by atoms with Crippen LogP contribution in [0.5, 0.6) is 0 Å². The van der Waals surface area contributed by atoms with E-state index < -0.39 is 72.5 Å². The molecule has 16 atom stereocenters. The molecule has 0 aromatic carbocycles. The smallest absolute Gasteiger partial charge is 0.317 e. The summed E-state index contributed by atoms with van der Waals surface area (Å²) in [5, 5.41) is 62.7. The first-order valence-electron chi connectivity index (χ1n) is 17.6. The van der Waals surface area contributed by atoms with Crippen molar-refractivity contribution in [3.05, 3.63) is 12.2 Å². The van der Waals surface area contributed by atoms with Gasteiger partial charge in [-0.25, -0.2) is 0 Å². The molecular formula is C36H56O11. The lowest BCUT2D eigenvalue weighted by Crippen LogP contribution is -2.67. The van der Waals surface area contributed by atoms with Crippen molar-refractivity contribution >= 4 is 11.9 Å². The van der Waals surface area contributed by atoms with E-state index in [1.54, 1.807) is 0 Å². The molecule has 0 spiro atoms. The number of esters is 1. The van der Waals surface area contributed by atoms with Crippen LogP contribution in [0.4, 0.5) is 0 Å². The van der Waals surface area contributed by atoms with Gasteiger partial charge >= 0.3 is 11.9 Å². The van der Waals surface area contributed by atoms with Crippen LogP contribution < -0.4 is 0 Å². The Morgan fingerprint density at radius 2 is 1.57 bits per heavy atom. The Labute approximate surface area is 277 Å². The van der Waals surface area contributed by atoms with Crippen LogP contribution >= 0.6 is 0 Å². The van der Waals surface area contributed by atoms with Crippen LogP contribution in [0.1, 0.15) is 92.9 Å². The first-order valence-corrected chi connectivity index (χ1v) is 17.6. The van der Waals surface area contributed by atoms with Gasteiger partial charge in [0.25, 0.3) is 0 Å². The lowest BCUT2D eigenvalue weighted by atomic mass is 9.33. The summed E-state index contributed by atoms with van der Waals surface area (Å²) in [5.74, 6) is -1.59. The highest BCUT2D eigenvalue weighted by molar-refractivity contribution is 5.79. The number of aliphatic carboxylic acids is 1. The first kappa shape index (κ1) is 35.2. The summed E-state index contributed by atoms with van der Waals surface area (Å²) in [7, 11) is 0. The van der Waals surface area contributed by atoms with Gasteiger partial charge in [0.05, 0.1) is 36.3 Å². The molecule has 0 unspecified atom stereocenters. The van der Waals surface area contributed by atoms with Gasteiger partial charge in [-0.15, -0.1) is 0 Å². The molecule has 4 saturated carbocycles. The van der Waals surface area contributed by atoms with Crippen LogP contribution in [0.25, 0.3) is 0 Å². The summed E-state index contributed by atoms with van der Waals surface area (Å²) in [5.41, 5.74) is -1.65. The molecule has 6 fully saturated rings. The van der Waals surface area contributed by atoms with Gasteiger partial charge < -0.3 is 44.8 Å². The number of carbonyl (C=O) groups is 2. The lowest BCUT2D eigenvalue weighted by molar-refractivity contribution is -0.300. The number of carbonyl (C=O) groups excluding carboxylic acids is 1. The largest absolute Gasteiger partial charge is 0.481 e. The maximum Gasteiger partial charge on any atom is 0.317 e. The Bertz CT molecular complexity index is 1280. The zero-order valence-electron chi connectivity index (χ0n) is 28.7. The van der Waals surface area contributed by atoms with Crippen molar-refractivity contribution in [2.75, 3.05) is 6.61 Å². The van der Waals surface area contributed by atoms with Crippen LogP contribution in [0.2, 0.25) is 0 Å². The van der Waals surface area contributed by atoms with Gasteiger partial charge in [-0.3, -0.25) is 9.59 Å². The standard InChI is InChI=1S/C36H56O11/c1-17(2)18-14-23(38)36(31(44)46-30-29(43)28(42)27(41)20(16-37)45-30)13-12-33(5)19(26(18)36)8-9-22-34(33,6)11-10-21-32(3,4)47-24(15-25(39)40)35(21,22)7/h18-24,26-30,37-38,41-43H,1,8-16H2,2-7H3,(H,39,40)/t18-,19+,20+,21-,22-,23-,24+,26+,27+,28-,29+,30-,33+,34+,35-,36+/m0/s1. The van der Waals surface area contributed by atoms with Gasteiger partial charge in [0.15, 0.2) is 0 Å². The predicted molar refractivity (Wildman–Crippen MR) is 168 cm³/mol. The van der Waals surface area contributed by atoms with E-state index in [1.807, 2.05) is 6.92 Å². The first-order chi connectivity index (χ1) is 21.8. The fourth-order valence-electron chi connectivity index (χ4n) is 12.7. The van der Waals surface area contributed by atoms with Crippen LogP contribution in [0.15, 0.2) is 12.2 Å². The topological polar surface area (TPSA) is 183 Å². The monoisotopic (exact) mass is 664 g/mol. The molecule has 2 aliphatic heterocycles. The van der Waals surface area contributed by atoms with Crippen molar-refractivity contribution in [1.29, 1.82) is 0 Å². The van der Waals surface area contributed by atoms with Gasteiger partial charge in [-0.2, -0.15) is 0 Å². The minimum absolute atomic E-state index is 0.0205. The highest BCUT2D eigenvalue weighted by Crippen LogP contribution is 2.77. The average Bonchev–Trinajstić information content (AvgIpc) is 3.40. The molecule has 0 radical (unpaired) electrons. The van der Waals surface area contributed by atoms with E-state index in [0.29, 0.717) is 19.3 Å². The second kappa shape index (κ2) is 11.5. The lowest BCUT2D eigenvalue weighted by Gasteiger charge is -2.70. The normalized spacial score (nSPS) is 53.3. The van der Waals surface area contributed by atoms with E-state index in [9.17, 15) is 40.2 Å². The third kappa shape index (κ3) is 4.69. The molecule has 11 heteroatoms. The van der Waals surface area contributed by atoms with E-state index in [-0.39, 0.29) is 52.3 Å². The Morgan fingerprint density at radius 3 is 2.19 bits per heavy atom. The molecule has 47 heavy (non-hydrogen) atoms. The molecule has 266 valence electrons. The molecule has 2 heterocycles. The Kier molecular flexibility index (Phi) is 8.60. The van der Waals surface area contributed by atoms with Crippen molar-refractivity contribution in [2.24, 2.45) is 51.2 Å². The molecule has 11 nitrogen and oxygen atoms in total. The zero-order valence-corrected chi connectivity index (χ0v) is 28.7. The van der Waals surface area contributed by atoms with Crippen LogP contribution in [-0.2, 0) is 23.8 Å². The second-order valence-corrected chi connectivity index (χ2v) is 17.2. The number of hydrogen-bond donors (Lipinski definition) is 6. The summed E-state index contributed by atoms with van der Waals surface area (Å²) in [6.45, 7) is 16.8. The second-order valence-electron chi connectivity index (χ2n) is 17.2. The molecule has 6 N–H and O–H groups in total. The Morgan fingerprint density at radius 1 is 0.894 bits per heavy atom. The fraction of sp³-hybridized carbons (Fsp3) is 0.889. The quantitative estimate of drug-likeness (QED) is 0.181. The molecule has 6 rings (SSSR count). The number of aliphatic hydroxyl groups is 5. The molecule has 2 saturated heterocycles. The number of allylic oxidation sites excluding steroid dienone is 1. The minimum atomic E-state index is -1.74. The van der Waals surface area contributed by atoms with Crippen molar-refractivity contribution < 1.29 is 54.4 Å². The van der Waals surface area contributed by atoms with Gasteiger partial charge in [-0.05, 0) is 106 Å². The average molecular weight is 665 g/mol. The number of carboxylic acids is 1. The number of aliphatic hydroxyl groups excluding tert-OH is 5. The van der Waals surface area contributed by atoms with Crippen LogP contribution in [0, 0.1) is 51.2 Å². The molecule has 0 aromatic heterocycles. The third-order valence-corrected chi connectivity index (χ3v) is 15.1. The highest BCUT2D eigenvalue weighted by Gasteiger charge is 2.75. The zero-order chi connectivity index (χ0) is 34.6.